The van der Waals surface area contributed by atoms with Crippen molar-refractivity contribution in [2.24, 2.45) is 28.6 Å². The highest BCUT2D eigenvalue weighted by atomic mass is 16.4. The fourth-order valence-electron chi connectivity index (χ4n) is 5.76. The molecule has 0 aromatic rings. The second-order valence-corrected chi connectivity index (χ2v) is 10.3. The number of carbonyl (C=O) groups is 2. The standard InChI is InChI=1S/C26H50O4/c1-8-9-10-12-15-18-25(7,24(29)30)26(20(2)3,21(4)5)19-16-13-11-14-17-22(6)23(27)28/h20-22H,8-19H2,1-7H3,(H,27,28)(H,29,30). The van der Waals surface area contributed by atoms with Gasteiger partial charge in [0.15, 0.2) is 0 Å². The molecule has 178 valence electrons. The molecule has 2 N–H and O–H groups in total. The van der Waals surface area contributed by atoms with Crippen LogP contribution in [0.2, 0.25) is 0 Å². The first kappa shape index (κ1) is 28.9. The average Bonchev–Trinajstić information content (AvgIpc) is 2.65. The number of hydrogen-bond acceptors (Lipinski definition) is 2. The van der Waals surface area contributed by atoms with Gasteiger partial charge in [-0.05, 0) is 43.4 Å². The van der Waals surface area contributed by atoms with E-state index in [0.29, 0.717) is 11.8 Å². The van der Waals surface area contributed by atoms with E-state index in [2.05, 4.69) is 34.6 Å². The first-order valence-electron chi connectivity index (χ1n) is 12.4. The average molecular weight is 427 g/mol. The SMILES string of the molecule is CCCCCCCC(C)(C(=O)O)C(CCCCCCC(C)C(=O)O)(C(C)C)C(C)C. The van der Waals surface area contributed by atoms with Gasteiger partial charge in [-0.3, -0.25) is 9.59 Å². The molecule has 0 spiro atoms. The number of carboxylic acids is 2. The molecule has 0 saturated heterocycles. The molecule has 0 bridgehead atoms. The molecule has 0 amide bonds. The van der Waals surface area contributed by atoms with Crippen LogP contribution in [0.4, 0.5) is 0 Å². The van der Waals surface area contributed by atoms with Crippen molar-refractivity contribution < 1.29 is 19.8 Å². The third-order valence-corrected chi connectivity index (χ3v) is 7.74. The lowest BCUT2D eigenvalue weighted by Gasteiger charge is -2.53. The van der Waals surface area contributed by atoms with Crippen molar-refractivity contribution in [3.63, 3.8) is 0 Å². The largest absolute Gasteiger partial charge is 0.481 e. The maximum atomic E-state index is 12.6. The van der Waals surface area contributed by atoms with Gasteiger partial charge in [-0.25, -0.2) is 0 Å². The highest BCUT2D eigenvalue weighted by Gasteiger charge is 2.55. The molecule has 0 aliphatic rings. The summed E-state index contributed by atoms with van der Waals surface area (Å²) in [6, 6.07) is 0. The third kappa shape index (κ3) is 7.89. The van der Waals surface area contributed by atoms with Crippen LogP contribution in [0.5, 0.6) is 0 Å². The molecule has 0 aliphatic carbocycles. The smallest absolute Gasteiger partial charge is 0.309 e. The van der Waals surface area contributed by atoms with Gasteiger partial charge in [-0.2, -0.15) is 0 Å². The van der Waals surface area contributed by atoms with E-state index in [1.807, 2.05) is 6.92 Å². The molecule has 0 aromatic carbocycles. The van der Waals surface area contributed by atoms with E-state index in [1.165, 1.54) is 19.3 Å². The highest BCUT2D eigenvalue weighted by molar-refractivity contribution is 5.75. The molecule has 0 saturated carbocycles. The molecular weight excluding hydrogens is 376 g/mol. The second kappa shape index (κ2) is 14.1. The molecule has 0 fully saturated rings. The number of rotatable bonds is 18. The van der Waals surface area contributed by atoms with Gasteiger partial charge in [0.2, 0.25) is 0 Å². The summed E-state index contributed by atoms with van der Waals surface area (Å²) < 4.78 is 0. The van der Waals surface area contributed by atoms with Crippen LogP contribution in [-0.4, -0.2) is 22.2 Å². The summed E-state index contributed by atoms with van der Waals surface area (Å²) in [5.74, 6) is -1.05. The first-order chi connectivity index (χ1) is 14.0. The third-order valence-electron chi connectivity index (χ3n) is 7.74. The zero-order valence-electron chi connectivity index (χ0n) is 20.9. The summed E-state index contributed by atoms with van der Waals surface area (Å²) in [7, 11) is 0. The van der Waals surface area contributed by atoms with E-state index in [4.69, 9.17) is 5.11 Å². The Labute approximate surface area is 186 Å². The number of hydrogen-bond donors (Lipinski definition) is 2. The van der Waals surface area contributed by atoms with Crippen molar-refractivity contribution in [2.75, 3.05) is 0 Å². The van der Waals surface area contributed by atoms with Gasteiger partial charge in [-0.15, -0.1) is 0 Å². The topological polar surface area (TPSA) is 74.6 Å². The van der Waals surface area contributed by atoms with Crippen LogP contribution in [0.25, 0.3) is 0 Å². The Morgan fingerprint density at radius 2 is 1.20 bits per heavy atom. The van der Waals surface area contributed by atoms with Crippen LogP contribution >= 0.6 is 0 Å². The van der Waals surface area contributed by atoms with Crippen LogP contribution < -0.4 is 0 Å². The zero-order valence-corrected chi connectivity index (χ0v) is 20.9. The monoisotopic (exact) mass is 426 g/mol. The van der Waals surface area contributed by atoms with Crippen LogP contribution in [-0.2, 0) is 9.59 Å². The molecule has 4 heteroatoms. The van der Waals surface area contributed by atoms with E-state index in [9.17, 15) is 14.7 Å². The van der Waals surface area contributed by atoms with Crippen LogP contribution in [0.15, 0.2) is 0 Å². The van der Waals surface area contributed by atoms with Crippen molar-refractivity contribution in [1.29, 1.82) is 0 Å². The summed E-state index contributed by atoms with van der Waals surface area (Å²) in [5.41, 5.74) is -0.961. The molecule has 30 heavy (non-hydrogen) atoms. The molecule has 0 rings (SSSR count). The molecule has 0 heterocycles. The van der Waals surface area contributed by atoms with Gasteiger partial charge in [0.05, 0.1) is 11.3 Å². The maximum Gasteiger partial charge on any atom is 0.309 e. The van der Waals surface area contributed by atoms with Crippen LogP contribution in [0, 0.1) is 28.6 Å². The number of aliphatic carboxylic acids is 2. The summed E-state index contributed by atoms with van der Waals surface area (Å²) in [4.78, 5) is 23.6. The lowest BCUT2D eigenvalue weighted by Crippen LogP contribution is -2.52. The summed E-state index contributed by atoms with van der Waals surface area (Å²) in [5, 5.41) is 19.4. The fraction of sp³-hybridized carbons (Fsp3) is 0.923. The van der Waals surface area contributed by atoms with E-state index < -0.39 is 17.4 Å². The quantitative estimate of drug-likeness (QED) is 0.219. The van der Waals surface area contributed by atoms with Crippen molar-refractivity contribution >= 4 is 11.9 Å². The van der Waals surface area contributed by atoms with Gasteiger partial charge >= 0.3 is 11.9 Å². The van der Waals surface area contributed by atoms with Gasteiger partial charge in [-0.1, -0.05) is 99.3 Å². The molecule has 4 nitrogen and oxygen atoms in total. The van der Waals surface area contributed by atoms with E-state index in [1.54, 1.807) is 6.92 Å². The Balaban J connectivity index is 5.17. The van der Waals surface area contributed by atoms with Gasteiger partial charge in [0, 0.05) is 0 Å². The Hall–Kier alpha value is -1.06. The lowest BCUT2D eigenvalue weighted by atomic mass is 9.50. The number of carboxylic acid groups (broad SMARTS) is 2. The molecule has 2 unspecified atom stereocenters. The Morgan fingerprint density at radius 3 is 1.63 bits per heavy atom. The first-order valence-corrected chi connectivity index (χ1v) is 12.4. The Morgan fingerprint density at radius 1 is 0.733 bits per heavy atom. The highest BCUT2D eigenvalue weighted by Crippen LogP contribution is 2.56. The lowest BCUT2D eigenvalue weighted by molar-refractivity contribution is -0.167. The fourth-order valence-corrected chi connectivity index (χ4v) is 5.76. The minimum Gasteiger partial charge on any atom is -0.481 e. The zero-order chi connectivity index (χ0) is 23.4. The molecule has 0 aromatic heterocycles. The predicted molar refractivity (Wildman–Crippen MR) is 126 cm³/mol. The Bertz CT molecular complexity index is 489. The van der Waals surface area contributed by atoms with E-state index >= 15 is 0 Å². The normalized spacial score (nSPS) is 15.4. The molecule has 0 aliphatic heterocycles. The predicted octanol–water partition coefficient (Wildman–Crippen LogP) is 7.80. The minimum absolute atomic E-state index is 0.238. The second-order valence-electron chi connectivity index (χ2n) is 10.3. The van der Waals surface area contributed by atoms with E-state index in [0.717, 1.165) is 57.8 Å². The van der Waals surface area contributed by atoms with Crippen LogP contribution in [0.3, 0.4) is 0 Å². The molecular formula is C26H50O4. The van der Waals surface area contributed by atoms with Crippen molar-refractivity contribution in [3.8, 4) is 0 Å². The number of unbranched alkanes of at least 4 members (excludes halogenated alkanes) is 7. The van der Waals surface area contributed by atoms with Gasteiger partial charge in [0.25, 0.3) is 0 Å². The molecule has 2 atom stereocenters. The van der Waals surface area contributed by atoms with Gasteiger partial charge < -0.3 is 10.2 Å². The van der Waals surface area contributed by atoms with Crippen molar-refractivity contribution in [3.05, 3.63) is 0 Å². The molecule has 0 radical (unpaired) electrons. The van der Waals surface area contributed by atoms with Crippen LogP contribution in [0.1, 0.15) is 126 Å². The van der Waals surface area contributed by atoms with Crippen molar-refractivity contribution in [1.82, 2.24) is 0 Å². The minimum atomic E-state index is -0.723. The van der Waals surface area contributed by atoms with Gasteiger partial charge in [0.1, 0.15) is 0 Å². The maximum absolute atomic E-state index is 12.6. The summed E-state index contributed by atoms with van der Waals surface area (Å²) in [6.07, 6.45) is 12.1. The van der Waals surface area contributed by atoms with Crippen molar-refractivity contribution in [2.45, 2.75) is 126 Å². The summed E-state index contributed by atoms with van der Waals surface area (Å²) >= 11 is 0. The van der Waals surface area contributed by atoms with E-state index in [-0.39, 0.29) is 11.3 Å². The summed E-state index contributed by atoms with van der Waals surface area (Å²) in [6.45, 7) is 14.8. The Kier molecular flexibility index (Phi) is 13.6.